The summed E-state index contributed by atoms with van der Waals surface area (Å²) < 4.78 is 0. The van der Waals surface area contributed by atoms with Gasteiger partial charge in [-0.3, -0.25) is 4.79 Å². The van der Waals surface area contributed by atoms with Gasteiger partial charge in [0.2, 0.25) is 0 Å². The molecule has 0 aromatic heterocycles. The quantitative estimate of drug-likeness (QED) is 0.752. The van der Waals surface area contributed by atoms with Crippen LogP contribution in [0.3, 0.4) is 0 Å². The van der Waals surface area contributed by atoms with Gasteiger partial charge in [-0.05, 0) is 47.5 Å². The highest BCUT2D eigenvalue weighted by Gasteiger charge is 2.36. The van der Waals surface area contributed by atoms with Crippen LogP contribution in [0.1, 0.15) is 37.3 Å². The molecule has 3 rings (SSSR count). The van der Waals surface area contributed by atoms with E-state index in [1.54, 1.807) is 0 Å². The molecule has 1 heteroatoms. The molecular weight excluding hydrogens is 208 g/mol. The Kier molecular flexibility index (Phi) is 2.62. The Morgan fingerprint density at radius 1 is 1.24 bits per heavy atom. The largest absolute Gasteiger partial charge is 0.295 e. The zero-order valence-electron chi connectivity index (χ0n) is 10.3. The predicted molar refractivity (Wildman–Crippen MR) is 69.6 cm³/mol. The Bertz CT molecular complexity index is 484. The first kappa shape index (κ1) is 10.8. The highest BCUT2D eigenvalue weighted by Crippen LogP contribution is 2.45. The maximum atomic E-state index is 11.8. The molecule has 17 heavy (non-hydrogen) atoms. The van der Waals surface area contributed by atoms with Crippen LogP contribution in [0, 0.1) is 11.8 Å². The van der Waals surface area contributed by atoms with Crippen molar-refractivity contribution in [3.05, 3.63) is 41.5 Å². The zero-order valence-corrected chi connectivity index (χ0v) is 10.3. The Morgan fingerprint density at radius 2 is 2.06 bits per heavy atom. The smallest absolute Gasteiger partial charge is 0.156 e. The number of carbonyl (C=O) groups is 1. The predicted octanol–water partition coefficient (Wildman–Crippen LogP) is 3.63. The Morgan fingerprint density at radius 3 is 2.88 bits per heavy atom. The fourth-order valence-electron chi connectivity index (χ4n) is 3.44. The van der Waals surface area contributed by atoms with Gasteiger partial charge in [0.15, 0.2) is 5.78 Å². The van der Waals surface area contributed by atoms with Gasteiger partial charge >= 0.3 is 0 Å². The van der Waals surface area contributed by atoms with Crippen LogP contribution in [0.2, 0.25) is 0 Å². The van der Waals surface area contributed by atoms with Crippen LogP contribution >= 0.6 is 0 Å². The van der Waals surface area contributed by atoms with Crippen LogP contribution in [-0.2, 0) is 11.2 Å². The van der Waals surface area contributed by atoms with E-state index in [4.69, 9.17) is 0 Å². The summed E-state index contributed by atoms with van der Waals surface area (Å²) in [6.45, 7) is 2.21. The van der Waals surface area contributed by atoms with Crippen molar-refractivity contribution in [2.24, 2.45) is 11.8 Å². The Hall–Kier alpha value is -1.37. The van der Waals surface area contributed by atoms with Gasteiger partial charge in [0.05, 0.1) is 0 Å². The first-order valence-corrected chi connectivity index (χ1v) is 6.62. The minimum Gasteiger partial charge on any atom is -0.295 e. The molecule has 1 aromatic rings. The standard InChI is InChI=1S/C16H18O/c1-2-5-11-8-13(17)10-16-14-7-4-3-6-12(14)9-15(11)16/h3-4,6-7,10-11,15H,2,5,8-9H2,1H3. The number of benzene rings is 1. The molecule has 0 saturated heterocycles. The Balaban J connectivity index is 2.01. The lowest BCUT2D eigenvalue weighted by Crippen LogP contribution is -2.22. The van der Waals surface area contributed by atoms with Crippen LogP contribution in [-0.4, -0.2) is 5.78 Å². The van der Waals surface area contributed by atoms with E-state index >= 15 is 0 Å². The average molecular weight is 226 g/mol. The number of allylic oxidation sites excluding steroid dienone is 2. The fourth-order valence-corrected chi connectivity index (χ4v) is 3.44. The monoisotopic (exact) mass is 226 g/mol. The summed E-state index contributed by atoms with van der Waals surface area (Å²) in [7, 11) is 0. The van der Waals surface area contributed by atoms with Crippen molar-refractivity contribution in [3.8, 4) is 0 Å². The molecule has 0 bridgehead atoms. The van der Waals surface area contributed by atoms with Gasteiger partial charge in [0, 0.05) is 6.42 Å². The highest BCUT2D eigenvalue weighted by molar-refractivity contribution is 6.00. The number of carbonyl (C=O) groups excluding carboxylic acids is 1. The van der Waals surface area contributed by atoms with Gasteiger partial charge in [-0.15, -0.1) is 0 Å². The molecule has 0 fully saturated rings. The van der Waals surface area contributed by atoms with Gasteiger partial charge in [0.1, 0.15) is 0 Å². The average Bonchev–Trinajstić information content (AvgIpc) is 2.69. The van der Waals surface area contributed by atoms with Crippen LogP contribution < -0.4 is 0 Å². The molecule has 0 N–H and O–H groups in total. The summed E-state index contributed by atoms with van der Waals surface area (Å²) in [5.74, 6) is 1.50. The minimum absolute atomic E-state index is 0.325. The van der Waals surface area contributed by atoms with Crippen molar-refractivity contribution >= 4 is 11.4 Å². The van der Waals surface area contributed by atoms with E-state index in [1.807, 2.05) is 6.08 Å². The van der Waals surface area contributed by atoms with Gasteiger partial charge in [-0.2, -0.15) is 0 Å². The molecule has 0 amide bonds. The second kappa shape index (κ2) is 4.14. The van der Waals surface area contributed by atoms with Crippen molar-refractivity contribution < 1.29 is 4.79 Å². The van der Waals surface area contributed by atoms with E-state index in [1.165, 1.54) is 29.5 Å². The third kappa shape index (κ3) is 1.74. The van der Waals surface area contributed by atoms with Crippen molar-refractivity contribution in [3.63, 3.8) is 0 Å². The molecule has 1 aromatic carbocycles. The summed E-state index contributed by atoms with van der Waals surface area (Å²) in [5, 5.41) is 0. The molecule has 0 spiro atoms. The maximum absolute atomic E-state index is 11.8. The normalized spacial score (nSPS) is 26.4. The van der Waals surface area contributed by atoms with Crippen LogP contribution in [0.15, 0.2) is 30.3 Å². The molecule has 0 saturated carbocycles. The van der Waals surface area contributed by atoms with Gasteiger partial charge in [-0.25, -0.2) is 0 Å². The maximum Gasteiger partial charge on any atom is 0.156 e. The summed E-state index contributed by atoms with van der Waals surface area (Å²) in [4.78, 5) is 11.8. The summed E-state index contributed by atoms with van der Waals surface area (Å²) in [5.41, 5.74) is 4.07. The molecule has 1 nitrogen and oxygen atoms in total. The molecule has 2 unspecified atom stereocenters. The summed E-state index contributed by atoms with van der Waals surface area (Å²) >= 11 is 0. The van der Waals surface area contributed by atoms with E-state index in [0.717, 1.165) is 12.8 Å². The van der Waals surface area contributed by atoms with Gasteiger partial charge < -0.3 is 0 Å². The molecule has 2 aliphatic rings. The van der Waals surface area contributed by atoms with E-state index in [9.17, 15) is 4.79 Å². The van der Waals surface area contributed by atoms with Crippen molar-refractivity contribution in [2.75, 3.05) is 0 Å². The van der Waals surface area contributed by atoms with Crippen molar-refractivity contribution in [1.82, 2.24) is 0 Å². The Labute approximate surface area is 103 Å². The molecule has 88 valence electrons. The summed E-state index contributed by atoms with van der Waals surface area (Å²) in [6, 6.07) is 8.56. The van der Waals surface area contributed by atoms with Gasteiger partial charge in [0.25, 0.3) is 0 Å². The second-order valence-electron chi connectivity index (χ2n) is 5.29. The minimum atomic E-state index is 0.325. The van der Waals surface area contributed by atoms with E-state index < -0.39 is 0 Å². The van der Waals surface area contributed by atoms with E-state index in [-0.39, 0.29) is 0 Å². The third-order valence-corrected chi connectivity index (χ3v) is 4.18. The van der Waals surface area contributed by atoms with Crippen molar-refractivity contribution in [1.29, 1.82) is 0 Å². The van der Waals surface area contributed by atoms with E-state index in [0.29, 0.717) is 17.6 Å². The fraction of sp³-hybridized carbons (Fsp3) is 0.438. The first-order valence-electron chi connectivity index (χ1n) is 6.62. The zero-order chi connectivity index (χ0) is 11.8. The third-order valence-electron chi connectivity index (χ3n) is 4.18. The lowest BCUT2D eigenvalue weighted by molar-refractivity contribution is -0.116. The number of hydrogen-bond acceptors (Lipinski definition) is 1. The van der Waals surface area contributed by atoms with Crippen LogP contribution in [0.25, 0.3) is 5.57 Å². The van der Waals surface area contributed by atoms with E-state index in [2.05, 4.69) is 31.2 Å². The van der Waals surface area contributed by atoms with Crippen molar-refractivity contribution in [2.45, 2.75) is 32.6 Å². The SMILES string of the molecule is CCCC1CC(=O)C=C2c3ccccc3CC21. The lowest BCUT2D eigenvalue weighted by atomic mass is 9.76. The molecule has 0 radical (unpaired) electrons. The lowest BCUT2D eigenvalue weighted by Gasteiger charge is -2.27. The van der Waals surface area contributed by atoms with Gasteiger partial charge in [-0.1, -0.05) is 37.6 Å². The number of fused-ring (bicyclic) bond motifs is 3. The second-order valence-corrected chi connectivity index (χ2v) is 5.29. The first-order chi connectivity index (χ1) is 8.29. The molecule has 0 aliphatic heterocycles. The van der Waals surface area contributed by atoms with Crippen LogP contribution in [0.5, 0.6) is 0 Å². The molecule has 0 heterocycles. The number of rotatable bonds is 2. The number of ketones is 1. The summed E-state index contributed by atoms with van der Waals surface area (Å²) in [6.07, 6.45) is 6.17. The highest BCUT2D eigenvalue weighted by atomic mass is 16.1. The molecular formula is C16H18O. The topological polar surface area (TPSA) is 17.1 Å². The molecule has 2 aliphatic carbocycles. The molecule has 2 atom stereocenters. The van der Waals surface area contributed by atoms with Crippen LogP contribution in [0.4, 0.5) is 0 Å². The number of hydrogen-bond donors (Lipinski definition) is 0.